The summed E-state index contributed by atoms with van der Waals surface area (Å²) in [6, 6.07) is 2.78. The molecule has 1 aromatic carbocycles. The topological polar surface area (TPSA) is 15.3 Å². The van der Waals surface area contributed by atoms with Crippen molar-refractivity contribution >= 4 is 12.4 Å². The van der Waals surface area contributed by atoms with Gasteiger partial charge >= 0.3 is 0 Å². The van der Waals surface area contributed by atoms with Gasteiger partial charge in [0.05, 0.1) is 0 Å². The summed E-state index contributed by atoms with van der Waals surface area (Å²) in [5.41, 5.74) is 0.501. The van der Waals surface area contributed by atoms with Gasteiger partial charge in [-0.3, -0.25) is 4.90 Å². The molecule has 2 fully saturated rings. The fourth-order valence-electron chi connectivity index (χ4n) is 3.22. The van der Waals surface area contributed by atoms with E-state index in [1.165, 1.54) is 0 Å². The minimum absolute atomic E-state index is 0. The molecule has 112 valence electrons. The molecule has 0 spiro atoms. The van der Waals surface area contributed by atoms with E-state index in [1.54, 1.807) is 0 Å². The summed E-state index contributed by atoms with van der Waals surface area (Å²) in [5.74, 6) is -2.97. The zero-order chi connectivity index (χ0) is 13.4. The SMILES string of the molecule is Cl.Fc1cc(CN2CCC3NCCC3C2)cc(F)c1F. The third kappa shape index (κ3) is 3.10. The molecule has 2 saturated heterocycles. The van der Waals surface area contributed by atoms with Crippen LogP contribution >= 0.6 is 12.4 Å². The summed E-state index contributed by atoms with van der Waals surface area (Å²) in [5, 5.41) is 3.47. The van der Waals surface area contributed by atoms with Crippen LogP contribution in [0.3, 0.4) is 0 Å². The average Bonchev–Trinajstić information content (AvgIpc) is 2.83. The second kappa shape index (κ2) is 6.33. The molecule has 0 aromatic heterocycles. The number of piperidine rings is 1. The van der Waals surface area contributed by atoms with Crippen molar-refractivity contribution in [2.45, 2.75) is 25.4 Å². The Bertz CT molecular complexity index is 460. The Morgan fingerprint density at radius 1 is 1.15 bits per heavy atom. The number of hydrogen-bond acceptors (Lipinski definition) is 2. The molecule has 1 N–H and O–H groups in total. The van der Waals surface area contributed by atoms with Gasteiger partial charge in [0, 0.05) is 19.1 Å². The van der Waals surface area contributed by atoms with Crippen LogP contribution in [0.25, 0.3) is 0 Å². The first-order chi connectivity index (χ1) is 9.13. The van der Waals surface area contributed by atoms with Crippen molar-refractivity contribution in [1.29, 1.82) is 0 Å². The number of rotatable bonds is 2. The molecular formula is C14H18ClF3N2. The van der Waals surface area contributed by atoms with Crippen LogP contribution in [0.15, 0.2) is 12.1 Å². The van der Waals surface area contributed by atoms with Crippen molar-refractivity contribution in [3.8, 4) is 0 Å². The molecule has 0 amide bonds. The fraction of sp³-hybridized carbons (Fsp3) is 0.571. The van der Waals surface area contributed by atoms with Crippen LogP contribution < -0.4 is 5.32 Å². The number of hydrogen-bond donors (Lipinski definition) is 1. The molecule has 0 bridgehead atoms. The van der Waals surface area contributed by atoms with E-state index in [2.05, 4.69) is 10.2 Å². The number of benzene rings is 1. The Kier molecular flexibility index (Phi) is 4.94. The van der Waals surface area contributed by atoms with Crippen molar-refractivity contribution in [3.05, 3.63) is 35.1 Å². The van der Waals surface area contributed by atoms with Gasteiger partial charge in [-0.05, 0) is 49.5 Å². The van der Waals surface area contributed by atoms with E-state index < -0.39 is 17.5 Å². The highest BCUT2D eigenvalue weighted by Crippen LogP contribution is 2.26. The normalized spacial score (nSPS) is 26.1. The van der Waals surface area contributed by atoms with Gasteiger partial charge in [0.15, 0.2) is 17.5 Å². The highest BCUT2D eigenvalue weighted by atomic mass is 35.5. The molecule has 2 unspecified atom stereocenters. The van der Waals surface area contributed by atoms with E-state index in [9.17, 15) is 13.2 Å². The Labute approximate surface area is 122 Å². The van der Waals surface area contributed by atoms with Crippen LogP contribution in [-0.2, 0) is 6.54 Å². The predicted molar refractivity (Wildman–Crippen MR) is 73.4 cm³/mol. The van der Waals surface area contributed by atoms with E-state index in [4.69, 9.17) is 0 Å². The molecule has 6 heteroatoms. The van der Waals surface area contributed by atoms with Crippen LogP contribution in [0.4, 0.5) is 13.2 Å². The molecular weight excluding hydrogens is 289 g/mol. The molecule has 2 heterocycles. The molecule has 20 heavy (non-hydrogen) atoms. The Hall–Kier alpha value is -0.780. The van der Waals surface area contributed by atoms with E-state index >= 15 is 0 Å². The first-order valence-corrected chi connectivity index (χ1v) is 6.72. The van der Waals surface area contributed by atoms with E-state index in [-0.39, 0.29) is 12.4 Å². The van der Waals surface area contributed by atoms with Crippen molar-refractivity contribution in [2.75, 3.05) is 19.6 Å². The third-order valence-electron chi connectivity index (χ3n) is 4.19. The Morgan fingerprint density at radius 2 is 1.85 bits per heavy atom. The van der Waals surface area contributed by atoms with Crippen LogP contribution in [-0.4, -0.2) is 30.6 Å². The maximum absolute atomic E-state index is 13.2. The molecule has 2 nitrogen and oxygen atoms in total. The van der Waals surface area contributed by atoms with Crippen molar-refractivity contribution < 1.29 is 13.2 Å². The predicted octanol–water partition coefficient (Wildman–Crippen LogP) is 2.71. The highest BCUT2D eigenvalue weighted by molar-refractivity contribution is 5.85. The summed E-state index contributed by atoms with van der Waals surface area (Å²) >= 11 is 0. The van der Waals surface area contributed by atoms with Crippen molar-refractivity contribution in [1.82, 2.24) is 10.2 Å². The summed E-state index contributed by atoms with van der Waals surface area (Å²) in [6.45, 7) is 3.40. The zero-order valence-corrected chi connectivity index (χ0v) is 11.9. The molecule has 1 aromatic rings. The maximum atomic E-state index is 13.2. The maximum Gasteiger partial charge on any atom is 0.194 e. The van der Waals surface area contributed by atoms with Gasteiger partial charge in [-0.15, -0.1) is 12.4 Å². The molecule has 2 aliphatic rings. The lowest BCUT2D eigenvalue weighted by molar-refractivity contribution is 0.155. The van der Waals surface area contributed by atoms with Gasteiger partial charge in [-0.25, -0.2) is 13.2 Å². The molecule has 0 radical (unpaired) electrons. The van der Waals surface area contributed by atoms with Crippen LogP contribution in [0, 0.1) is 23.4 Å². The van der Waals surface area contributed by atoms with Crippen molar-refractivity contribution in [2.24, 2.45) is 5.92 Å². The summed E-state index contributed by atoms with van der Waals surface area (Å²) in [4.78, 5) is 2.19. The van der Waals surface area contributed by atoms with E-state index in [1.807, 2.05) is 0 Å². The second-order valence-electron chi connectivity index (χ2n) is 5.51. The minimum atomic E-state index is -1.39. The van der Waals surface area contributed by atoms with Gasteiger partial charge in [0.2, 0.25) is 0 Å². The van der Waals surface area contributed by atoms with E-state index in [0.29, 0.717) is 24.1 Å². The molecule has 0 saturated carbocycles. The summed E-state index contributed by atoms with van der Waals surface area (Å²) in [6.07, 6.45) is 2.23. The number of nitrogens with zero attached hydrogens (tertiary/aromatic N) is 1. The van der Waals surface area contributed by atoms with Crippen LogP contribution in [0.1, 0.15) is 18.4 Å². The number of fused-ring (bicyclic) bond motifs is 1. The summed E-state index contributed by atoms with van der Waals surface area (Å²) in [7, 11) is 0. The standard InChI is InChI=1S/C14H17F3N2.ClH/c15-11-5-9(6-12(16)14(11)17)7-19-4-2-13-10(8-19)1-3-18-13;/h5-6,10,13,18H,1-4,7-8H2;1H. The second-order valence-corrected chi connectivity index (χ2v) is 5.51. The van der Waals surface area contributed by atoms with Gasteiger partial charge in [0.1, 0.15) is 0 Å². The third-order valence-corrected chi connectivity index (χ3v) is 4.19. The van der Waals surface area contributed by atoms with Gasteiger partial charge in [-0.2, -0.15) is 0 Å². The Balaban J connectivity index is 0.00000147. The first kappa shape index (κ1) is 15.6. The number of nitrogens with one attached hydrogen (secondary N) is 1. The lowest BCUT2D eigenvalue weighted by Gasteiger charge is -2.34. The quantitative estimate of drug-likeness (QED) is 0.845. The number of halogens is 4. The van der Waals surface area contributed by atoms with Crippen molar-refractivity contribution in [3.63, 3.8) is 0 Å². The largest absolute Gasteiger partial charge is 0.314 e. The fourth-order valence-corrected chi connectivity index (χ4v) is 3.22. The highest BCUT2D eigenvalue weighted by Gasteiger charge is 2.32. The van der Waals surface area contributed by atoms with Gasteiger partial charge < -0.3 is 5.32 Å². The molecule has 0 aliphatic carbocycles. The Morgan fingerprint density at radius 3 is 2.55 bits per heavy atom. The molecule has 2 aliphatic heterocycles. The van der Waals surface area contributed by atoms with Crippen LogP contribution in [0.5, 0.6) is 0 Å². The lowest BCUT2D eigenvalue weighted by Crippen LogP contribution is -2.43. The number of likely N-dealkylation sites (tertiary alicyclic amines) is 1. The van der Waals surface area contributed by atoms with Gasteiger partial charge in [0.25, 0.3) is 0 Å². The van der Waals surface area contributed by atoms with Crippen LogP contribution in [0.2, 0.25) is 0 Å². The minimum Gasteiger partial charge on any atom is -0.314 e. The smallest absolute Gasteiger partial charge is 0.194 e. The first-order valence-electron chi connectivity index (χ1n) is 6.72. The van der Waals surface area contributed by atoms with Gasteiger partial charge in [-0.1, -0.05) is 0 Å². The van der Waals surface area contributed by atoms with E-state index in [0.717, 1.165) is 44.6 Å². The lowest BCUT2D eigenvalue weighted by atomic mass is 9.93. The average molecular weight is 307 g/mol. The zero-order valence-electron chi connectivity index (χ0n) is 11.0. The monoisotopic (exact) mass is 306 g/mol. The molecule has 2 atom stereocenters. The summed E-state index contributed by atoms with van der Waals surface area (Å²) < 4.78 is 39.2. The molecule has 3 rings (SSSR count).